The van der Waals surface area contributed by atoms with Gasteiger partial charge in [0.2, 0.25) is 0 Å². The van der Waals surface area contributed by atoms with Crippen molar-refractivity contribution >= 4 is 0 Å². The number of hydrogen-bond acceptors (Lipinski definition) is 1. The quantitative estimate of drug-likeness (QED) is 0.855. The number of aryl methyl sites for hydroxylation is 2. The maximum Gasteiger partial charge on any atom is 0.416 e. The van der Waals surface area contributed by atoms with Crippen molar-refractivity contribution in [1.29, 1.82) is 0 Å². The molecule has 0 radical (unpaired) electrons. The highest BCUT2D eigenvalue weighted by molar-refractivity contribution is 5.52. The van der Waals surface area contributed by atoms with E-state index in [1.165, 1.54) is 12.1 Å². The lowest BCUT2D eigenvalue weighted by atomic mass is 10.1. The van der Waals surface area contributed by atoms with Crippen molar-refractivity contribution in [3.63, 3.8) is 0 Å². The number of rotatable bonds is 3. The van der Waals surface area contributed by atoms with E-state index in [9.17, 15) is 13.2 Å². The van der Waals surface area contributed by atoms with Crippen molar-refractivity contribution in [2.75, 3.05) is 0 Å². The van der Waals surface area contributed by atoms with Gasteiger partial charge in [-0.2, -0.15) is 23.0 Å². The molecule has 0 saturated heterocycles. The molecule has 0 amide bonds. The third kappa shape index (κ3) is 2.94. The largest absolute Gasteiger partial charge is 0.416 e. The SMILES string of the molecule is CCCc1nc(-c2ccc(C(F)(F)F)cc2)[n+](C)[nH]1. The van der Waals surface area contributed by atoms with Crippen molar-refractivity contribution in [1.82, 2.24) is 10.1 Å². The minimum absolute atomic E-state index is 0.636. The monoisotopic (exact) mass is 270 g/mol. The first-order chi connectivity index (χ1) is 8.91. The molecule has 3 nitrogen and oxygen atoms in total. The second-order valence-corrected chi connectivity index (χ2v) is 4.38. The topological polar surface area (TPSA) is 32.6 Å². The van der Waals surface area contributed by atoms with E-state index in [1.54, 1.807) is 11.7 Å². The zero-order valence-corrected chi connectivity index (χ0v) is 10.8. The van der Waals surface area contributed by atoms with Crippen LogP contribution in [0.1, 0.15) is 24.7 Å². The van der Waals surface area contributed by atoms with Crippen LogP contribution in [0.3, 0.4) is 0 Å². The number of aromatic amines is 1. The lowest BCUT2D eigenvalue weighted by Crippen LogP contribution is -2.32. The Kier molecular flexibility index (Phi) is 3.59. The highest BCUT2D eigenvalue weighted by Crippen LogP contribution is 2.30. The lowest BCUT2D eigenvalue weighted by Gasteiger charge is -2.05. The van der Waals surface area contributed by atoms with Crippen LogP contribution in [0.15, 0.2) is 24.3 Å². The predicted molar refractivity (Wildman–Crippen MR) is 64.2 cm³/mol. The Bertz CT molecular complexity index is 556. The molecule has 2 aromatic rings. The first-order valence-corrected chi connectivity index (χ1v) is 6.04. The van der Waals surface area contributed by atoms with Gasteiger partial charge in [0.05, 0.1) is 11.1 Å². The summed E-state index contributed by atoms with van der Waals surface area (Å²) in [6.07, 6.45) is -2.53. The van der Waals surface area contributed by atoms with Crippen LogP contribution >= 0.6 is 0 Å². The van der Waals surface area contributed by atoms with Crippen LogP contribution in [0.4, 0.5) is 13.2 Å². The zero-order chi connectivity index (χ0) is 14.0. The normalized spacial score (nSPS) is 11.8. The summed E-state index contributed by atoms with van der Waals surface area (Å²) in [5, 5.41) is 3.07. The lowest BCUT2D eigenvalue weighted by molar-refractivity contribution is -0.718. The van der Waals surface area contributed by atoms with Crippen LogP contribution in [-0.4, -0.2) is 10.1 Å². The molecular weight excluding hydrogens is 255 g/mol. The summed E-state index contributed by atoms with van der Waals surface area (Å²) < 4.78 is 39.2. The Morgan fingerprint density at radius 2 is 1.84 bits per heavy atom. The summed E-state index contributed by atoms with van der Waals surface area (Å²) in [6, 6.07) is 5.02. The molecule has 1 aromatic carbocycles. The van der Waals surface area contributed by atoms with E-state index < -0.39 is 11.7 Å². The van der Waals surface area contributed by atoms with Crippen LogP contribution in [0.2, 0.25) is 0 Å². The second kappa shape index (κ2) is 5.03. The van der Waals surface area contributed by atoms with Gasteiger partial charge in [-0.15, -0.1) is 0 Å². The van der Waals surface area contributed by atoms with Gasteiger partial charge in [-0.1, -0.05) is 6.92 Å². The van der Waals surface area contributed by atoms with Crippen LogP contribution in [-0.2, 0) is 19.6 Å². The number of alkyl halides is 3. The van der Waals surface area contributed by atoms with Crippen LogP contribution in [0, 0.1) is 0 Å². The molecule has 0 unspecified atom stereocenters. The molecule has 0 aliphatic rings. The van der Waals surface area contributed by atoms with E-state index >= 15 is 0 Å². The molecule has 0 aliphatic carbocycles. The predicted octanol–water partition coefficient (Wildman–Crippen LogP) is 2.87. The minimum atomic E-state index is -4.31. The van der Waals surface area contributed by atoms with Crippen molar-refractivity contribution in [3.8, 4) is 11.4 Å². The molecule has 0 atom stereocenters. The molecule has 6 heteroatoms. The molecular formula is C13H15F3N3+. The number of H-pyrrole nitrogens is 1. The number of halogens is 3. The fourth-order valence-corrected chi connectivity index (χ4v) is 1.89. The number of nitrogens with zero attached hydrogens (tertiary/aromatic N) is 2. The fourth-order valence-electron chi connectivity index (χ4n) is 1.89. The van der Waals surface area contributed by atoms with E-state index in [0.29, 0.717) is 11.4 Å². The maximum absolute atomic E-state index is 12.5. The van der Waals surface area contributed by atoms with Gasteiger partial charge in [0.15, 0.2) is 0 Å². The molecule has 19 heavy (non-hydrogen) atoms. The Morgan fingerprint density at radius 1 is 1.21 bits per heavy atom. The first kappa shape index (κ1) is 13.6. The van der Waals surface area contributed by atoms with Gasteiger partial charge in [-0.25, -0.2) is 0 Å². The summed E-state index contributed by atoms with van der Waals surface area (Å²) in [5.41, 5.74) is 0.0114. The van der Waals surface area contributed by atoms with Gasteiger partial charge in [-0.05, 0) is 35.7 Å². The van der Waals surface area contributed by atoms with Crippen molar-refractivity contribution in [2.24, 2.45) is 7.05 Å². The Balaban J connectivity index is 2.32. The molecule has 1 N–H and O–H groups in total. The standard InChI is InChI=1S/C13H14F3N3/c1-3-4-11-17-12(19(2)18-11)9-5-7-10(8-6-9)13(14,15)16/h5-8H,3-4H2,1-2H3/p+1. The molecule has 0 spiro atoms. The van der Waals surface area contributed by atoms with Gasteiger partial charge >= 0.3 is 12.0 Å². The minimum Gasteiger partial charge on any atom is -0.191 e. The summed E-state index contributed by atoms with van der Waals surface area (Å²) in [6.45, 7) is 2.04. The van der Waals surface area contributed by atoms with Crippen molar-refractivity contribution < 1.29 is 17.9 Å². The summed E-state index contributed by atoms with van der Waals surface area (Å²) in [5.74, 6) is 1.47. The summed E-state index contributed by atoms with van der Waals surface area (Å²) in [4.78, 5) is 4.39. The molecule has 0 fully saturated rings. The van der Waals surface area contributed by atoms with Crippen LogP contribution < -0.4 is 4.68 Å². The second-order valence-electron chi connectivity index (χ2n) is 4.38. The van der Waals surface area contributed by atoms with Gasteiger partial charge in [0, 0.05) is 6.42 Å². The number of hydrogen-bond donors (Lipinski definition) is 1. The fraction of sp³-hybridized carbons (Fsp3) is 0.385. The van der Waals surface area contributed by atoms with E-state index in [0.717, 1.165) is 30.8 Å². The van der Waals surface area contributed by atoms with Crippen molar-refractivity contribution in [2.45, 2.75) is 25.9 Å². The highest BCUT2D eigenvalue weighted by atomic mass is 19.4. The smallest absolute Gasteiger partial charge is 0.191 e. The van der Waals surface area contributed by atoms with Gasteiger partial charge in [0.1, 0.15) is 7.05 Å². The molecule has 0 bridgehead atoms. The molecule has 1 aromatic heterocycles. The highest BCUT2D eigenvalue weighted by Gasteiger charge is 2.30. The Hall–Kier alpha value is -1.85. The first-order valence-electron chi connectivity index (χ1n) is 6.04. The zero-order valence-electron chi connectivity index (χ0n) is 10.8. The molecule has 1 heterocycles. The Labute approximate surface area is 109 Å². The average molecular weight is 270 g/mol. The van der Waals surface area contributed by atoms with Gasteiger partial charge in [-0.3, -0.25) is 0 Å². The summed E-state index contributed by atoms with van der Waals surface area (Å²) >= 11 is 0. The molecule has 2 rings (SSSR count). The van der Waals surface area contributed by atoms with E-state index in [-0.39, 0.29) is 0 Å². The molecule has 0 aliphatic heterocycles. The van der Waals surface area contributed by atoms with E-state index in [1.807, 2.05) is 6.92 Å². The third-order valence-electron chi connectivity index (χ3n) is 2.81. The summed E-state index contributed by atoms with van der Waals surface area (Å²) in [7, 11) is 1.79. The van der Waals surface area contributed by atoms with Gasteiger partial charge < -0.3 is 0 Å². The number of nitrogens with one attached hydrogen (secondary N) is 1. The third-order valence-corrected chi connectivity index (χ3v) is 2.81. The van der Waals surface area contributed by atoms with Gasteiger partial charge in [0.25, 0.3) is 5.82 Å². The van der Waals surface area contributed by atoms with E-state index in [2.05, 4.69) is 10.1 Å². The average Bonchev–Trinajstić information content (AvgIpc) is 2.70. The number of aromatic nitrogens is 3. The number of benzene rings is 1. The van der Waals surface area contributed by atoms with Crippen molar-refractivity contribution in [3.05, 3.63) is 35.7 Å². The molecule has 102 valence electrons. The maximum atomic E-state index is 12.5. The van der Waals surface area contributed by atoms with E-state index in [4.69, 9.17) is 0 Å². The molecule has 0 saturated carbocycles. The Morgan fingerprint density at radius 3 is 2.37 bits per heavy atom. The van der Waals surface area contributed by atoms with Crippen LogP contribution in [0.25, 0.3) is 11.4 Å². The van der Waals surface area contributed by atoms with Crippen LogP contribution in [0.5, 0.6) is 0 Å².